The van der Waals surface area contributed by atoms with E-state index in [1.807, 2.05) is 11.9 Å². The van der Waals surface area contributed by atoms with Gasteiger partial charge in [0, 0.05) is 26.2 Å². The number of carbonyl (C=O) groups is 1. The van der Waals surface area contributed by atoms with Crippen LogP contribution in [0.2, 0.25) is 0 Å². The highest BCUT2D eigenvalue weighted by molar-refractivity contribution is 5.76. The Morgan fingerprint density at radius 1 is 1.11 bits per heavy atom. The second-order valence-electron chi connectivity index (χ2n) is 7.03. The Balaban J connectivity index is 1.78. The molecule has 2 fully saturated rings. The van der Waals surface area contributed by atoms with Gasteiger partial charge in [-0.15, -0.1) is 0 Å². The third-order valence-electron chi connectivity index (χ3n) is 5.35. The highest BCUT2D eigenvalue weighted by Gasteiger charge is 2.34. The maximum absolute atomic E-state index is 12.0. The van der Waals surface area contributed by atoms with E-state index < -0.39 is 0 Å². The minimum absolute atomic E-state index is 0.249. The van der Waals surface area contributed by atoms with Crippen LogP contribution in [0.15, 0.2) is 0 Å². The van der Waals surface area contributed by atoms with Crippen molar-refractivity contribution in [2.24, 2.45) is 17.8 Å². The zero-order valence-corrected chi connectivity index (χ0v) is 13.1. The van der Waals surface area contributed by atoms with E-state index in [1.54, 1.807) is 0 Å². The second-order valence-corrected chi connectivity index (χ2v) is 7.03. The molecule has 110 valence electrons. The third-order valence-corrected chi connectivity index (χ3v) is 5.35. The first-order valence-corrected chi connectivity index (χ1v) is 8.00. The summed E-state index contributed by atoms with van der Waals surface area (Å²) in [5.74, 6) is 2.52. The molecule has 1 atom stereocenters. The van der Waals surface area contributed by atoms with Crippen molar-refractivity contribution in [3.8, 4) is 0 Å². The predicted molar refractivity (Wildman–Crippen MR) is 79.1 cm³/mol. The van der Waals surface area contributed by atoms with E-state index in [0.717, 1.165) is 30.8 Å². The van der Waals surface area contributed by atoms with Gasteiger partial charge in [0.1, 0.15) is 0 Å². The van der Waals surface area contributed by atoms with Gasteiger partial charge in [-0.3, -0.25) is 0 Å². The van der Waals surface area contributed by atoms with E-state index in [0.29, 0.717) is 6.04 Å². The average Bonchev–Trinajstić information content (AvgIpc) is 2.71. The average molecular weight is 266 g/mol. The monoisotopic (exact) mass is 266 g/mol. The van der Waals surface area contributed by atoms with Crippen LogP contribution >= 0.6 is 0 Å². The molecule has 19 heavy (non-hydrogen) atoms. The number of rotatable bonds is 4. The molecule has 2 rings (SSSR count). The van der Waals surface area contributed by atoms with Gasteiger partial charge < -0.3 is 9.80 Å². The lowest BCUT2D eigenvalue weighted by molar-refractivity contribution is 0.147. The Kier molecular flexibility index (Phi) is 4.75. The molecule has 1 aliphatic heterocycles. The molecule has 2 amide bonds. The number of likely N-dealkylation sites (N-methyl/N-ethyl adjacent to an activating group) is 1. The highest BCUT2D eigenvalue weighted by atomic mass is 16.2. The molecule has 0 bridgehead atoms. The zero-order chi connectivity index (χ0) is 14.0. The summed E-state index contributed by atoms with van der Waals surface area (Å²) in [6.45, 7) is 8.88. The summed E-state index contributed by atoms with van der Waals surface area (Å²) in [6.07, 6.45) is 6.44. The van der Waals surface area contributed by atoms with Crippen molar-refractivity contribution >= 4 is 6.03 Å². The lowest BCUT2D eigenvalue weighted by Gasteiger charge is -2.35. The second kappa shape index (κ2) is 6.15. The van der Waals surface area contributed by atoms with Gasteiger partial charge in [-0.2, -0.15) is 0 Å². The van der Waals surface area contributed by atoms with E-state index >= 15 is 0 Å². The zero-order valence-electron chi connectivity index (χ0n) is 13.1. The van der Waals surface area contributed by atoms with Gasteiger partial charge >= 0.3 is 6.03 Å². The van der Waals surface area contributed by atoms with Gasteiger partial charge in [-0.1, -0.05) is 20.8 Å². The summed E-state index contributed by atoms with van der Waals surface area (Å²) in [7, 11) is 1.91. The summed E-state index contributed by atoms with van der Waals surface area (Å²) in [6, 6.07) is 0.766. The summed E-state index contributed by atoms with van der Waals surface area (Å²) >= 11 is 0. The Hall–Kier alpha value is -0.730. The van der Waals surface area contributed by atoms with E-state index in [2.05, 4.69) is 25.7 Å². The minimum atomic E-state index is 0.249. The van der Waals surface area contributed by atoms with Gasteiger partial charge in [-0.05, 0) is 49.9 Å². The van der Waals surface area contributed by atoms with Crippen LogP contribution in [0, 0.1) is 17.8 Å². The number of carbonyl (C=O) groups excluding carboxylic acids is 1. The Morgan fingerprint density at radius 3 is 2.21 bits per heavy atom. The van der Waals surface area contributed by atoms with Crippen LogP contribution in [0.3, 0.4) is 0 Å². The smallest absolute Gasteiger partial charge is 0.320 e. The van der Waals surface area contributed by atoms with Crippen molar-refractivity contribution in [1.29, 1.82) is 0 Å². The van der Waals surface area contributed by atoms with Crippen molar-refractivity contribution < 1.29 is 4.79 Å². The number of nitrogens with zero attached hydrogens (tertiary/aromatic N) is 2. The van der Waals surface area contributed by atoms with Gasteiger partial charge in [0.15, 0.2) is 0 Å². The van der Waals surface area contributed by atoms with Crippen LogP contribution in [-0.2, 0) is 0 Å². The molecule has 1 unspecified atom stereocenters. The summed E-state index contributed by atoms with van der Waals surface area (Å²) < 4.78 is 0. The fraction of sp³-hybridized carbons (Fsp3) is 0.938. The van der Waals surface area contributed by atoms with Gasteiger partial charge in [-0.25, -0.2) is 4.79 Å². The molecular formula is C16H30N2O. The molecule has 3 heteroatoms. The van der Waals surface area contributed by atoms with Crippen LogP contribution in [0.1, 0.15) is 52.9 Å². The van der Waals surface area contributed by atoms with Crippen LogP contribution in [0.5, 0.6) is 0 Å². The van der Waals surface area contributed by atoms with E-state index in [1.165, 1.54) is 32.1 Å². The topological polar surface area (TPSA) is 23.6 Å². The van der Waals surface area contributed by atoms with Crippen LogP contribution in [-0.4, -0.2) is 42.0 Å². The maximum atomic E-state index is 12.0. The molecule has 0 radical (unpaired) electrons. The summed E-state index contributed by atoms with van der Waals surface area (Å²) in [5, 5.41) is 0. The van der Waals surface area contributed by atoms with Gasteiger partial charge in [0.05, 0.1) is 0 Å². The third kappa shape index (κ3) is 3.43. The van der Waals surface area contributed by atoms with E-state index in [4.69, 9.17) is 0 Å². The molecule has 0 aromatic carbocycles. The van der Waals surface area contributed by atoms with E-state index in [9.17, 15) is 4.79 Å². The molecule has 1 saturated heterocycles. The molecule has 0 N–H and O–H groups in total. The van der Waals surface area contributed by atoms with Crippen molar-refractivity contribution in [3.05, 3.63) is 0 Å². The molecule has 1 aliphatic carbocycles. The standard InChI is InChI=1S/C16H30N2O/c1-12(2)13(3)11-14-5-7-15(8-6-14)18-10-9-17(4)16(18)19/h12-15H,5-11H2,1-4H3/t13?,14-,15-. The lowest BCUT2D eigenvalue weighted by Crippen LogP contribution is -2.40. The first-order valence-electron chi connectivity index (χ1n) is 8.00. The summed E-state index contributed by atoms with van der Waals surface area (Å²) in [4.78, 5) is 16.0. The van der Waals surface area contributed by atoms with Crippen LogP contribution < -0.4 is 0 Å². The SMILES string of the molecule is CC(C)C(C)C[C@H]1CC[C@H](N2CCN(C)C2=O)CC1. The normalized spacial score (nSPS) is 30.3. The number of hydrogen-bond acceptors (Lipinski definition) is 1. The van der Waals surface area contributed by atoms with E-state index in [-0.39, 0.29) is 6.03 Å². The molecular weight excluding hydrogens is 236 g/mol. The highest BCUT2D eigenvalue weighted by Crippen LogP contribution is 2.34. The molecule has 3 nitrogen and oxygen atoms in total. The van der Waals surface area contributed by atoms with Gasteiger partial charge in [0.2, 0.25) is 0 Å². The van der Waals surface area contributed by atoms with Crippen molar-refractivity contribution in [2.45, 2.75) is 58.9 Å². The number of urea groups is 1. The van der Waals surface area contributed by atoms with Crippen molar-refractivity contribution in [3.63, 3.8) is 0 Å². The molecule has 1 heterocycles. The molecule has 2 aliphatic rings. The minimum Gasteiger partial charge on any atom is -0.326 e. The largest absolute Gasteiger partial charge is 0.326 e. The quantitative estimate of drug-likeness (QED) is 0.762. The lowest BCUT2D eigenvalue weighted by atomic mass is 9.78. The van der Waals surface area contributed by atoms with Crippen LogP contribution in [0.25, 0.3) is 0 Å². The number of amides is 2. The van der Waals surface area contributed by atoms with Crippen LogP contribution in [0.4, 0.5) is 4.79 Å². The molecule has 0 spiro atoms. The fourth-order valence-electron chi connectivity index (χ4n) is 3.50. The molecule has 1 saturated carbocycles. The Labute approximate surface area is 118 Å². The van der Waals surface area contributed by atoms with Gasteiger partial charge in [0.25, 0.3) is 0 Å². The van der Waals surface area contributed by atoms with Crippen molar-refractivity contribution in [1.82, 2.24) is 9.80 Å². The summed E-state index contributed by atoms with van der Waals surface area (Å²) in [5.41, 5.74) is 0. The Morgan fingerprint density at radius 2 is 1.74 bits per heavy atom. The molecule has 0 aromatic rings. The first kappa shape index (κ1) is 14.7. The number of hydrogen-bond donors (Lipinski definition) is 0. The fourth-order valence-corrected chi connectivity index (χ4v) is 3.50. The van der Waals surface area contributed by atoms with Crippen molar-refractivity contribution in [2.75, 3.05) is 20.1 Å². The maximum Gasteiger partial charge on any atom is 0.320 e. The first-order chi connectivity index (χ1) is 8.99. The molecule has 0 aromatic heterocycles. The Bertz CT molecular complexity index is 308. The predicted octanol–water partition coefficient (Wildman–Crippen LogP) is 3.59.